The van der Waals surface area contributed by atoms with Crippen molar-refractivity contribution in [1.29, 1.82) is 0 Å². The second-order valence-electron chi connectivity index (χ2n) is 2.56. The molecule has 0 radical (unpaired) electrons. The number of ether oxygens (including phenoxy) is 2. The van der Waals surface area contributed by atoms with Gasteiger partial charge >= 0.3 is 5.97 Å². The van der Waals surface area contributed by atoms with Gasteiger partial charge in [0.2, 0.25) is 0 Å². The molecular formula is C10H13NO3. The Balaban J connectivity index is 2.81. The van der Waals surface area contributed by atoms with Gasteiger partial charge in [-0.15, -0.1) is 0 Å². The molecule has 1 aromatic heterocycles. The molecule has 0 fully saturated rings. The van der Waals surface area contributed by atoms with Gasteiger partial charge in [-0.2, -0.15) is 0 Å². The van der Waals surface area contributed by atoms with Gasteiger partial charge in [0.15, 0.2) is 0 Å². The highest BCUT2D eigenvalue weighted by molar-refractivity contribution is 5.93. The van der Waals surface area contributed by atoms with Crippen molar-refractivity contribution in [2.24, 2.45) is 0 Å². The van der Waals surface area contributed by atoms with Crippen molar-refractivity contribution in [3.05, 3.63) is 29.8 Å². The molecule has 1 aromatic rings. The number of carbonyl (C=O) groups excluding carboxylic acids is 1. The van der Waals surface area contributed by atoms with Crippen molar-refractivity contribution in [3.63, 3.8) is 0 Å². The minimum absolute atomic E-state index is 0.329. The lowest BCUT2D eigenvalue weighted by Gasteiger charge is -1.99. The molecule has 0 aliphatic rings. The van der Waals surface area contributed by atoms with Crippen LogP contribution in [0.5, 0.6) is 0 Å². The first-order chi connectivity index (χ1) is 6.79. The van der Waals surface area contributed by atoms with Crippen LogP contribution in [0.3, 0.4) is 0 Å². The summed E-state index contributed by atoms with van der Waals surface area (Å²) in [5, 5.41) is 0. The van der Waals surface area contributed by atoms with Crippen LogP contribution in [-0.4, -0.2) is 24.7 Å². The molecule has 0 unspecified atom stereocenters. The maximum absolute atomic E-state index is 11.4. The summed E-state index contributed by atoms with van der Waals surface area (Å²) in [6, 6.07) is 1.67. The standard InChI is InChI=1S/C10H13NO3/c1-3-14-10(12)8-4-6-11-9(8)5-7-13-2/h4-7,11H,3H2,1-2H3/b7-5+. The van der Waals surface area contributed by atoms with Crippen LogP contribution in [0, 0.1) is 0 Å². The lowest BCUT2D eigenvalue weighted by atomic mass is 10.2. The topological polar surface area (TPSA) is 51.3 Å². The largest absolute Gasteiger partial charge is 0.504 e. The van der Waals surface area contributed by atoms with Gasteiger partial charge in [-0.25, -0.2) is 4.79 Å². The van der Waals surface area contributed by atoms with Crippen LogP contribution in [0.25, 0.3) is 6.08 Å². The number of aromatic amines is 1. The monoisotopic (exact) mass is 195 g/mol. The van der Waals surface area contributed by atoms with Crippen molar-refractivity contribution in [1.82, 2.24) is 4.98 Å². The number of methoxy groups -OCH3 is 1. The Morgan fingerprint density at radius 3 is 3.07 bits per heavy atom. The third kappa shape index (κ3) is 2.39. The number of rotatable bonds is 4. The van der Waals surface area contributed by atoms with E-state index in [1.807, 2.05) is 0 Å². The Bertz CT molecular complexity index is 328. The van der Waals surface area contributed by atoms with Crippen LogP contribution in [0.15, 0.2) is 18.5 Å². The first-order valence-electron chi connectivity index (χ1n) is 4.33. The molecule has 1 rings (SSSR count). The number of H-pyrrole nitrogens is 1. The summed E-state index contributed by atoms with van der Waals surface area (Å²) in [4.78, 5) is 14.3. The molecule has 14 heavy (non-hydrogen) atoms. The van der Waals surface area contributed by atoms with Crippen LogP contribution < -0.4 is 0 Å². The molecule has 1 N–H and O–H groups in total. The fourth-order valence-corrected chi connectivity index (χ4v) is 1.04. The molecule has 0 amide bonds. The number of hydrogen-bond donors (Lipinski definition) is 1. The fraction of sp³-hybridized carbons (Fsp3) is 0.300. The normalized spacial score (nSPS) is 10.4. The second-order valence-corrected chi connectivity index (χ2v) is 2.56. The highest BCUT2D eigenvalue weighted by Crippen LogP contribution is 2.10. The van der Waals surface area contributed by atoms with E-state index in [1.165, 1.54) is 6.26 Å². The SMILES string of the molecule is CCOC(=O)c1cc[nH]c1/C=C/OC. The van der Waals surface area contributed by atoms with Crippen LogP contribution in [-0.2, 0) is 9.47 Å². The zero-order valence-electron chi connectivity index (χ0n) is 8.24. The minimum atomic E-state index is -0.329. The average molecular weight is 195 g/mol. The summed E-state index contributed by atoms with van der Waals surface area (Å²) >= 11 is 0. The predicted molar refractivity (Wildman–Crippen MR) is 52.8 cm³/mol. The summed E-state index contributed by atoms with van der Waals surface area (Å²) in [5.41, 5.74) is 1.20. The molecule has 0 spiro atoms. The van der Waals surface area contributed by atoms with Gasteiger partial charge in [0, 0.05) is 6.20 Å². The van der Waals surface area contributed by atoms with E-state index in [1.54, 1.807) is 32.4 Å². The van der Waals surface area contributed by atoms with Crippen molar-refractivity contribution in [2.45, 2.75) is 6.92 Å². The molecule has 0 aliphatic carbocycles. The minimum Gasteiger partial charge on any atom is -0.504 e. The molecule has 76 valence electrons. The Morgan fingerprint density at radius 2 is 2.43 bits per heavy atom. The quantitative estimate of drug-likeness (QED) is 0.588. The third-order valence-corrected chi connectivity index (χ3v) is 1.65. The Labute approximate surface area is 82.5 Å². The molecule has 4 heteroatoms. The van der Waals surface area contributed by atoms with E-state index in [2.05, 4.69) is 4.98 Å². The summed E-state index contributed by atoms with van der Waals surface area (Å²) in [6.07, 6.45) is 4.85. The number of carbonyl (C=O) groups is 1. The molecule has 0 saturated heterocycles. The average Bonchev–Trinajstić information content (AvgIpc) is 2.63. The van der Waals surface area contributed by atoms with Gasteiger partial charge in [-0.1, -0.05) is 0 Å². The molecule has 0 saturated carbocycles. The summed E-state index contributed by atoms with van der Waals surface area (Å²) < 4.78 is 9.63. The Kier molecular flexibility index (Phi) is 3.79. The van der Waals surface area contributed by atoms with Crippen molar-refractivity contribution in [2.75, 3.05) is 13.7 Å². The maximum Gasteiger partial charge on any atom is 0.340 e. The second kappa shape index (κ2) is 5.11. The fourth-order valence-electron chi connectivity index (χ4n) is 1.04. The third-order valence-electron chi connectivity index (χ3n) is 1.65. The lowest BCUT2D eigenvalue weighted by Crippen LogP contribution is -2.04. The van der Waals surface area contributed by atoms with Gasteiger partial charge in [-0.3, -0.25) is 0 Å². The van der Waals surface area contributed by atoms with E-state index in [0.29, 0.717) is 17.9 Å². The number of nitrogens with one attached hydrogen (secondary N) is 1. The van der Waals surface area contributed by atoms with Gasteiger partial charge in [0.1, 0.15) is 0 Å². The van der Waals surface area contributed by atoms with Gasteiger partial charge in [-0.05, 0) is 19.1 Å². The highest BCUT2D eigenvalue weighted by Gasteiger charge is 2.10. The first kappa shape index (κ1) is 10.4. The summed E-state index contributed by atoms with van der Waals surface area (Å²) in [5.74, 6) is -0.329. The number of hydrogen-bond acceptors (Lipinski definition) is 3. The Hall–Kier alpha value is -1.71. The van der Waals surface area contributed by atoms with Gasteiger partial charge < -0.3 is 14.5 Å². The summed E-state index contributed by atoms with van der Waals surface area (Å²) in [6.45, 7) is 2.15. The van der Waals surface area contributed by atoms with E-state index < -0.39 is 0 Å². The van der Waals surface area contributed by atoms with Crippen molar-refractivity contribution >= 4 is 12.0 Å². The van der Waals surface area contributed by atoms with Crippen LogP contribution in [0.4, 0.5) is 0 Å². The maximum atomic E-state index is 11.4. The van der Waals surface area contributed by atoms with Gasteiger partial charge in [0.25, 0.3) is 0 Å². The van der Waals surface area contributed by atoms with E-state index in [0.717, 1.165) is 0 Å². The van der Waals surface area contributed by atoms with Gasteiger partial charge in [0.05, 0.1) is 31.2 Å². The molecule has 0 atom stereocenters. The molecule has 1 heterocycles. The zero-order chi connectivity index (χ0) is 10.4. The summed E-state index contributed by atoms with van der Waals surface area (Å²) in [7, 11) is 1.55. The predicted octanol–water partition coefficient (Wildman–Crippen LogP) is 1.81. The molecule has 0 aromatic carbocycles. The number of aromatic nitrogens is 1. The smallest absolute Gasteiger partial charge is 0.340 e. The number of esters is 1. The highest BCUT2D eigenvalue weighted by atomic mass is 16.5. The van der Waals surface area contributed by atoms with Crippen molar-refractivity contribution < 1.29 is 14.3 Å². The van der Waals surface area contributed by atoms with Crippen LogP contribution in [0.2, 0.25) is 0 Å². The van der Waals surface area contributed by atoms with E-state index in [-0.39, 0.29) is 5.97 Å². The van der Waals surface area contributed by atoms with Crippen LogP contribution >= 0.6 is 0 Å². The van der Waals surface area contributed by atoms with Crippen LogP contribution in [0.1, 0.15) is 23.0 Å². The molecule has 0 bridgehead atoms. The zero-order valence-corrected chi connectivity index (χ0v) is 8.24. The van der Waals surface area contributed by atoms with E-state index in [4.69, 9.17) is 9.47 Å². The lowest BCUT2D eigenvalue weighted by molar-refractivity contribution is 0.0526. The molecule has 0 aliphatic heterocycles. The molecule has 4 nitrogen and oxygen atoms in total. The molecular weight excluding hydrogens is 182 g/mol. The first-order valence-corrected chi connectivity index (χ1v) is 4.33. The van der Waals surface area contributed by atoms with E-state index >= 15 is 0 Å². The Morgan fingerprint density at radius 1 is 1.64 bits per heavy atom. The van der Waals surface area contributed by atoms with E-state index in [9.17, 15) is 4.79 Å². The van der Waals surface area contributed by atoms with Crippen molar-refractivity contribution in [3.8, 4) is 0 Å².